The topological polar surface area (TPSA) is 13.1 Å². The first kappa shape index (κ1) is 12.0. The van der Waals surface area contributed by atoms with Crippen LogP contribution in [0.4, 0.5) is 0 Å². The minimum absolute atomic E-state index is 0.587. The summed E-state index contributed by atoms with van der Waals surface area (Å²) in [6.07, 6.45) is 2.80. The van der Waals surface area contributed by atoms with E-state index in [1.165, 1.54) is 22.1 Å². The highest BCUT2D eigenvalue weighted by Gasteiger charge is 2.06. The van der Waals surface area contributed by atoms with Crippen molar-refractivity contribution in [3.63, 3.8) is 0 Å². The summed E-state index contributed by atoms with van der Waals surface area (Å²) in [5.74, 6) is 0.587. The van der Waals surface area contributed by atoms with Gasteiger partial charge < -0.3 is 4.42 Å². The molecule has 1 heteroatoms. The molecule has 1 aromatic heterocycles. The maximum absolute atomic E-state index is 5.58. The van der Waals surface area contributed by atoms with Crippen LogP contribution in [0.15, 0.2) is 59.2 Å². The van der Waals surface area contributed by atoms with Gasteiger partial charge >= 0.3 is 0 Å². The molecule has 3 rings (SSSR count). The van der Waals surface area contributed by atoms with Crippen molar-refractivity contribution in [2.75, 3.05) is 0 Å². The highest BCUT2D eigenvalue weighted by Crippen LogP contribution is 2.24. The van der Waals surface area contributed by atoms with Crippen molar-refractivity contribution in [2.24, 2.45) is 0 Å². The Hall–Kier alpha value is -2.02. The predicted octanol–water partition coefficient (Wildman–Crippen LogP) is 5.15. The summed E-state index contributed by atoms with van der Waals surface area (Å²) in [4.78, 5) is 0. The molecule has 0 atom stereocenters. The third-order valence-corrected chi connectivity index (χ3v) is 3.60. The van der Waals surface area contributed by atoms with Crippen LogP contribution >= 0.6 is 0 Å². The van der Waals surface area contributed by atoms with Crippen LogP contribution in [0.25, 0.3) is 11.0 Å². The van der Waals surface area contributed by atoms with Gasteiger partial charge in [0.2, 0.25) is 0 Å². The molecule has 0 unspecified atom stereocenters. The molecule has 0 saturated carbocycles. The molecule has 19 heavy (non-hydrogen) atoms. The lowest BCUT2D eigenvalue weighted by atomic mass is 9.99. The zero-order valence-corrected chi connectivity index (χ0v) is 11.4. The molecule has 0 saturated heterocycles. The number of hydrogen-bond acceptors (Lipinski definition) is 1. The Morgan fingerprint density at radius 1 is 0.947 bits per heavy atom. The van der Waals surface area contributed by atoms with Gasteiger partial charge in [-0.3, -0.25) is 0 Å². The molecule has 0 aliphatic rings. The van der Waals surface area contributed by atoms with Gasteiger partial charge in [0.25, 0.3) is 0 Å². The van der Waals surface area contributed by atoms with Gasteiger partial charge in [-0.15, -0.1) is 0 Å². The number of para-hydroxylation sites is 1. The molecule has 0 bridgehead atoms. The van der Waals surface area contributed by atoms with Crippen LogP contribution < -0.4 is 0 Å². The average molecular weight is 250 g/mol. The lowest BCUT2D eigenvalue weighted by Crippen LogP contribution is -1.90. The number of rotatable bonds is 3. The van der Waals surface area contributed by atoms with E-state index in [9.17, 15) is 0 Å². The Bertz CT molecular complexity index is 674. The molecule has 0 N–H and O–H groups in total. The van der Waals surface area contributed by atoms with Crippen molar-refractivity contribution < 1.29 is 4.42 Å². The number of hydrogen-bond donors (Lipinski definition) is 0. The molecule has 3 aromatic rings. The molecule has 0 fully saturated rings. The molecule has 1 nitrogen and oxygen atoms in total. The summed E-state index contributed by atoms with van der Waals surface area (Å²) in [5, 5.41) is 1.22. The largest absolute Gasteiger partial charge is 0.464 e. The minimum Gasteiger partial charge on any atom is -0.464 e. The van der Waals surface area contributed by atoms with Crippen LogP contribution in [0.1, 0.15) is 36.5 Å². The molecule has 1 heterocycles. The van der Waals surface area contributed by atoms with E-state index in [4.69, 9.17) is 4.42 Å². The Morgan fingerprint density at radius 3 is 2.42 bits per heavy atom. The highest BCUT2D eigenvalue weighted by molar-refractivity contribution is 5.81. The van der Waals surface area contributed by atoms with Gasteiger partial charge in [0.1, 0.15) is 5.58 Å². The summed E-state index contributed by atoms with van der Waals surface area (Å²) < 4.78 is 5.58. The first-order valence-corrected chi connectivity index (χ1v) is 6.78. The second-order valence-electron chi connectivity index (χ2n) is 5.33. The van der Waals surface area contributed by atoms with E-state index in [-0.39, 0.29) is 0 Å². The third kappa shape index (κ3) is 2.41. The van der Waals surface area contributed by atoms with E-state index < -0.39 is 0 Å². The summed E-state index contributed by atoms with van der Waals surface area (Å²) in [6.45, 7) is 4.44. The fourth-order valence-corrected chi connectivity index (χ4v) is 2.41. The molecular formula is C18H18O. The summed E-state index contributed by atoms with van der Waals surface area (Å²) in [6, 6.07) is 17.1. The highest BCUT2D eigenvalue weighted by atomic mass is 16.3. The van der Waals surface area contributed by atoms with Gasteiger partial charge in [0, 0.05) is 17.4 Å². The van der Waals surface area contributed by atoms with E-state index in [2.05, 4.69) is 50.2 Å². The quantitative estimate of drug-likeness (QED) is 0.626. The Kier molecular flexibility index (Phi) is 3.12. The number of benzene rings is 2. The van der Waals surface area contributed by atoms with Crippen molar-refractivity contribution in [1.29, 1.82) is 0 Å². The van der Waals surface area contributed by atoms with Crippen molar-refractivity contribution >= 4 is 11.0 Å². The number of fused-ring (bicyclic) bond motifs is 1. The van der Waals surface area contributed by atoms with E-state index in [0.717, 1.165) is 12.0 Å². The molecule has 96 valence electrons. The Balaban J connectivity index is 1.88. The van der Waals surface area contributed by atoms with Crippen molar-refractivity contribution in [3.8, 4) is 0 Å². The van der Waals surface area contributed by atoms with Gasteiger partial charge in [-0.1, -0.05) is 56.3 Å². The molecule has 0 spiro atoms. The second-order valence-corrected chi connectivity index (χ2v) is 5.33. The Labute approximate surface area is 113 Å². The lowest BCUT2D eigenvalue weighted by Gasteiger charge is -2.06. The molecule has 0 amide bonds. The lowest BCUT2D eigenvalue weighted by molar-refractivity contribution is 0.611. The van der Waals surface area contributed by atoms with Gasteiger partial charge in [0.15, 0.2) is 0 Å². The van der Waals surface area contributed by atoms with E-state index in [1.807, 2.05) is 18.4 Å². The van der Waals surface area contributed by atoms with Gasteiger partial charge in [-0.05, 0) is 23.1 Å². The summed E-state index contributed by atoms with van der Waals surface area (Å²) >= 11 is 0. The van der Waals surface area contributed by atoms with Crippen LogP contribution in [-0.4, -0.2) is 0 Å². The zero-order chi connectivity index (χ0) is 13.2. The second kappa shape index (κ2) is 4.93. The maximum Gasteiger partial charge on any atom is 0.134 e. The third-order valence-electron chi connectivity index (χ3n) is 3.60. The fourth-order valence-electron chi connectivity index (χ4n) is 2.41. The first-order valence-electron chi connectivity index (χ1n) is 6.78. The summed E-state index contributed by atoms with van der Waals surface area (Å²) in [7, 11) is 0. The van der Waals surface area contributed by atoms with E-state index >= 15 is 0 Å². The normalized spacial score (nSPS) is 11.3. The molecule has 0 aliphatic carbocycles. The molecule has 0 aliphatic heterocycles. The van der Waals surface area contributed by atoms with Gasteiger partial charge in [-0.2, -0.15) is 0 Å². The molecule has 2 aromatic carbocycles. The molecular weight excluding hydrogens is 232 g/mol. The zero-order valence-electron chi connectivity index (χ0n) is 11.4. The summed E-state index contributed by atoms with van der Waals surface area (Å²) in [5.41, 5.74) is 4.95. The predicted molar refractivity (Wildman–Crippen MR) is 79.6 cm³/mol. The minimum atomic E-state index is 0.587. The van der Waals surface area contributed by atoms with Gasteiger partial charge in [-0.25, -0.2) is 0 Å². The SMILES string of the molecule is CC(C)c1ccc(Cc2coc3ccccc23)cc1. The fraction of sp³-hybridized carbons (Fsp3) is 0.222. The van der Waals surface area contributed by atoms with Crippen molar-refractivity contribution in [1.82, 2.24) is 0 Å². The van der Waals surface area contributed by atoms with Crippen molar-refractivity contribution in [2.45, 2.75) is 26.2 Å². The van der Waals surface area contributed by atoms with Gasteiger partial charge in [0.05, 0.1) is 6.26 Å². The van der Waals surface area contributed by atoms with Crippen LogP contribution in [-0.2, 0) is 6.42 Å². The average Bonchev–Trinajstić information content (AvgIpc) is 2.83. The van der Waals surface area contributed by atoms with Crippen LogP contribution in [0.5, 0.6) is 0 Å². The number of furan rings is 1. The first-order chi connectivity index (χ1) is 9.24. The van der Waals surface area contributed by atoms with Crippen LogP contribution in [0, 0.1) is 0 Å². The smallest absolute Gasteiger partial charge is 0.134 e. The van der Waals surface area contributed by atoms with E-state index in [1.54, 1.807) is 0 Å². The monoisotopic (exact) mass is 250 g/mol. The van der Waals surface area contributed by atoms with Crippen molar-refractivity contribution in [3.05, 3.63) is 71.5 Å². The van der Waals surface area contributed by atoms with Crippen LogP contribution in [0.2, 0.25) is 0 Å². The maximum atomic E-state index is 5.58. The Morgan fingerprint density at radius 2 is 1.68 bits per heavy atom. The van der Waals surface area contributed by atoms with Crippen LogP contribution in [0.3, 0.4) is 0 Å². The van der Waals surface area contributed by atoms with E-state index in [0.29, 0.717) is 5.92 Å². The standard InChI is InChI=1S/C18H18O/c1-13(2)15-9-7-14(8-10-15)11-16-12-19-18-6-4-3-5-17(16)18/h3-10,12-13H,11H2,1-2H3. The molecule has 0 radical (unpaired) electrons.